The molecule has 3 aromatic rings. The number of carbonyl (C=O) groups excluding carboxylic acids is 1. The van der Waals surface area contributed by atoms with Crippen LogP contribution < -0.4 is 4.74 Å². The number of nitrogens with zero attached hydrogens (tertiary/aromatic N) is 2. The SMILES string of the molecule is CCCN1Cc2ccccc2[C@@H]2OC(c3ccc(OCCCO)cc3)=N[C@]2(CCS(=O)(=O)c2ccccc2)C1=O. The van der Waals surface area contributed by atoms with E-state index >= 15 is 0 Å². The number of ether oxygens (including phenoxy) is 2. The highest BCUT2D eigenvalue weighted by atomic mass is 32.2. The van der Waals surface area contributed by atoms with E-state index in [4.69, 9.17) is 19.6 Å². The topological polar surface area (TPSA) is 106 Å². The van der Waals surface area contributed by atoms with Crippen LogP contribution in [0.2, 0.25) is 0 Å². The number of aliphatic imine (C=N–C) groups is 1. The van der Waals surface area contributed by atoms with Gasteiger partial charge in [-0.25, -0.2) is 13.4 Å². The molecule has 40 heavy (non-hydrogen) atoms. The maximum Gasteiger partial charge on any atom is 0.255 e. The van der Waals surface area contributed by atoms with Gasteiger partial charge in [0.05, 0.1) is 17.3 Å². The summed E-state index contributed by atoms with van der Waals surface area (Å²) < 4.78 is 38.9. The van der Waals surface area contributed by atoms with Crippen molar-refractivity contribution in [3.63, 3.8) is 0 Å². The Balaban J connectivity index is 1.56. The minimum absolute atomic E-state index is 0.0197. The lowest BCUT2D eigenvalue weighted by Crippen LogP contribution is -2.49. The second kappa shape index (κ2) is 11.8. The summed E-state index contributed by atoms with van der Waals surface area (Å²) >= 11 is 0. The zero-order chi connectivity index (χ0) is 28.2. The fraction of sp³-hybridized carbons (Fsp3) is 0.355. The van der Waals surface area contributed by atoms with Gasteiger partial charge in [0.2, 0.25) is 5.90 Å². The third kappa shape index (κ3) is 5.48. The molecule has 9 heteroatoms. The fourth-order valence-corrected chi connectivity index (χ4v) is 6.69. The second-order valence-electron chi connectivity index (χ2n) is 10.1. The molecule has 0 unspecified atom stereocenters. The molecule has 0 aliphatic carbocycles. The van der Waals surface area contributed by atoms with Crippen LogP contribution in [0.15, 0.2) is 88.8 Å². The Labute approximate surface area is 235 Å². The van der Waals surface area contributed by atoms with Crippen molar-refractivity contribution < 1.29 is 27.8 Å². The number of sulfone groups is 1. The van der Waals surface area contributed by atoms with Gasteiger partial charge in [-0.2, -0.15) is 0 Å². The van der Waals surface area contributed by atoms with Crippen LogP contribution in [0, 0.1) is 0 Å². The van der Waals surface area contributed by atoms with Gasteiger partial charge >= 0.3 is 0 Å². The van der Waals surface area contributed by atoms with Gasteiger partial charge in [-0.05, 0) is 48.4 Å². The molecule has 2 aliphatic rings. The number of carbonyl (C=O) groups is 1. The maximum atomic E-state index is 14.3. The zero-order valence-electron chi connectivity index (χ0n) is 22.5. The standard InChI is InChI=1S/C31H34N2O6S/c1-2-18-33-22-24-9-6-7-12-27(24)28-31(30(33)35,17-21-40(36,37)26-10-4-3-5-11-26)32-29(39-28)23-13-15-25(16-14-23)38-20-8-19-34/h3-7,9-16,28,34H,2,8,17-22H2,1H3/t28-,31-/m0/s1. The third-order valence-electron chi connectivity index (χ3n) is 7.34. The molecular formula is C31H34N2O6S. The van der Waals surface area contributed by atoms with Gasteiger partial charge in [0.25, 0.3) is 5.91 Å². The van der Waals surface area contributed by atoms with E-state index in [2.05, 4.69) is 0 Å². The molecule has 210 valence electrons. The smallest absolute Gasteiger partial charge is 0.255 e. The molecule has 0 spiro atoms. The Kier molecular flexibility index (Phi) is 8.23. The summed E-state index contributed by atoms with van der Waals surface area (Å²) in [6.07, 6.45) is 0.503. The van der Waals surface area contributed by atoms with Crippen LogP contribution >= 0.6 is 0 Å². The number of hydrogen-bond acceptors (Lipinski definition) is 7. The summed E-state index contributed by atoms with van der Waals surface area (Å²) in [7, 11) is -3.67. The summed E-state index contributed by atoms with van der Waals surface area (Å²) in [6, 6.07) is 23.3. The van der Waals surface area contributed by atoms with E-state index in [1.165, 1.54) is 0 Å². The molecule has 0 saturated carbocycles. The molecule has 2 heterocycles. The molecule has 1 N–H and O–H groups in total. The molecule has 0 fully saturated rings. The third-order valence-corrected chi connectivity index (χ3v) is 9.07. The Morgan fingerprint density at radius 1 is 1.05 bits per heavy atom. The summed E-state index contributed by atoms with van der Waals surface area (Å²) in [5, 5.41) is 9.00. The van der Waals surface area contributed by atoms with E-state index in [0.29, 0.717) is 43.3 Å². The Morgan fingerprint density at radius 3 is 2.50 bits per heavy atom. The summed E-state index contributed by atoms with van der Waals surface area (Å²) in [5.41, 5.74) is 1.04. The molecule has 1 amide bonds. The number of benzene rings is 3. The van der Waals surface area contributed by atoms with Gasteiger partial charge in [-0.3, -0.25) is 4.79 Å². The lowest BCUT2D eigenvalue weighted by Gasteiger charge is -2.32. The first-order valence-electron chi connectivity index (χ1n) is 13.6. The van der Waals surface area contributed by atoms with Crippen molar-refractivity contribution in [1.29, 1.82) is 0 Å². The minimum Gasteiger partial charge on any atom is -0.494 e. The van der Waals surface area contributed by atoms with Crippen LogP contribution in [-0.2, 0) is 25.9 Å². The molecule has 5 rings (SSSR count). The van der Waals surface area contributed by atoms with E-state index in [9.17, 15) is 13.2 Å². The molecule has 0 aromatic heterocycles. The van der Waals surface area contributed by atoms with Crippen molar-refractivity contribution in [2.75, 3.05) is 25.5 Å². The van der Waals surface area contributed by atoms with Crippen molar-refractivity contribution >= 4 is 21.6 Å². The van der Waals surface area contributed by atoms with E-state index in [1.54, 1.807) is 47.4 Å². The van der Waals surface area contributed by atoms with Crippen molar-refractivity contribution in [3.05, 3.63) is 95.6 Å². The number of amides is 1. The van der Waals surface area contributed by atoms with Gasteiger partial charge in [0.15, 0.2) is 21.5 Å². The molecule has 3 aromatic carbocycles. The van der Waals surface area contributed by atoms with E-state index < -0.39 is 21.5 Å². The second-order valence-corrected chi connectivity index (χ2v) is 12.2. The van der Waals surface area contributed by atoms with Gasteiger partial charge < -0.3 is 19.5 Å². The van der Waals surface area contributed by atoms with Crippen molar-refractivity contribution in [2.24, 2.45) is 4.99 Å². The number of rotatable bonds is 11. The van der Waals surface area contributed by atoms with Crippen LogP contribution in [0.5, 0.6) is 5.75 Å². The first kappa shape index (κ1) is 27.9. The van der Waals surface area contributed by atoms with Crippen molar-refractivity contribution in [3.8, 4) is 5.75 Å². The van der Waals surface area contributed by atoms with Crippen molar-refractivity contribution in [1.82, 2.24) is 4.90 Å². The van der Waals surface area contributed by atoms with E-state index in [-0.39, 0.29) is 29.6 Å². The lowest BCUT2D eigenvalue weighted by atomic mass is 9.84. The molecule has 8 nitrogen and oxygen atoms in total. The molecule has 2 aliphatic heterocycles. The van der Waals surface area contributed by atoms with Crippen LogP contribution in [0.25, 0.3) is 0 Å². The number of hydrogen-bond donors (Lipinski definition) is 1. The largest absolute Gasteiger partial charge is 0.494 e. The summed E-state index contributed by atoms with van der Waals surface area (Å²) in [5.74, 6) is 0.464. The molecular weight excluding hydrogens is 528 g/mol. The van der Waals surface area contributed by atoms with Gasteiger partial charge in [0.1, 0.15) is 5.75 Å². The first-order valence-corrected chi connectivity index (χ1v) is 15.3. The number of aliphatic hydroxyl groups excluding tert-OH is 1. The molecule has 2 atom stereocenters. The van der Waals surface area contributed by atoms with Crippen LogP contribution in [0.4, 0.5) is 0 Å². The molecule has 0 radical (unpaired) electrons. The highest BCUT2D eigenvalue weighted by Gasteiger charge is 2.56. The number of aliphatic hydroxyl groups is 1. The highest BCUT2D eigenvalue weighted by Crippen LogP contribution is 2.47. The number of fused-ring (bicyclic) bond motifs is 3. The molecule has 0 saturated heterocycles. The highest BCUT2D eigenvalue weighted by molar-refractivity contribution is 7.91. The van der Waals surface area contributed by atoms with Gasteiger partial charge in [-0.15, -0.1) is 0 Å². The normalized spacial score (nSPS) is 20.2. The predicted octanol–water partition coefficient (Wildman–Crippen LogP) is 4.32. The van der Waals surface area contributed by atoms with Gasteiger partial charge in [0, 0.05) is 43.7 Å². The first-order chi connectivity index (χ1) is 19.4. The van der Waals surface area contributed by atoms with Crippen LogP contribution in [-0.4, -0.2) is 61.3 Å². The fourth-order valence-electron chi connectivity index (χ4n) is 5.30. The predicted molar refractivity (Wildman–Crippen MR) is 152 cm³/mol. The quantitative estimate of drug-likeness (QED) is 0.349. The monoisotopic (exact) mass is 562 g/mol. The van der Waals surface area contributed by atoms with Crippen LogP contribution in [0.1, 0.15) is 49.0 Å². The van der Waals surface area contributed by atoms with Crippen LogP contribution in [0.3, 0.4) is 0 Å². The van der Waals surface area contributed by atoms with E-state index in [1.807, 2.05) is 43.3 Å². The average molecular weight is 563 g/mol. The minimum atomic E-state index is -3.67. The summed E-state index contributed by atoms with van der Waals surface area (Å²) in [4.78, 5) is 21.3. The van der Waals surface area contributed by atoms with E-state index in [0.717, 1.165) is 17.5 Å². The Hall–Kier alpha value is -3.69. The zero-order valence-corrected chi connectivity index (χ0v) is 23.3. The molecule has 0 bridgehead atoms. The lowest BCUT2D eigenvalue weighted by molar-refractivity contribution is -0.139. The summed E-state index contributed by atoms with van der Waals surface area (Å²) in [6.45, 7) is 3.40. The average Bonchev–Trinajstić information content (AvgIpc) is 3.34. The Morgan fingerprint density at radius 2 is 1.77 bits per heavy atom. The Bertz CT molecular complexity index is 1470. The van der Waals surface area contributed by atoms with Crippen molar-refractivity contribution in [2.45, 2.75) is 49.3 Å². The maximum absolute atomic E-state index is 14.3. The van der Waals surface area contributed by atoms with Gasteiger partial charge in [-0.1, -0.05) is 49.4 Å².